The fourth-order valence-corrected chi connectivity index (χ4v) is 5.15. The van der Waals surface area contributed by atoms with Gasteiger partial charge in [-0.15, -0.1) is 0 Å². The predicted octanol–water partition coefficient (Wildman–Crippen LogP) is 3.31. The number of carbonyl (C=O) groups excluding carboxylic acids is 2. The van der Waals surface area contributed by atoms with E-state index in [4.69, 9.17) is 14.9 Å². The van der Waals surface area contributed by atoms with Crippen LogP contribution in [0.25, 0.3) is 6.08 Å². The van der Waals surface area contributed by atoms with Crippen molar-refractivity contribution >= 4 is 55.9 Å². The van der Waals surface area contributed by atoms with E-state index in [9.17, 15) is 18.0 Å². The predicted molar refractivity (Wildman–Crippen MR) is 133 cm³/mol. The molecule has 0 atom stereocenters. The van der Waals surface area contributed by atoms with Crippen LogP contribution >= 0.6 is 11.9 Å². The standard InChI is InChI=1S/C23H20N4O6S2/c1-13(2)35(30,31)23-26-34-22-25-20(28)18(19(24)27(22)23)12-14-4-8-17(9-5-14)33-21(29)15-6-10-16(32-3)11-7-15/h4-13,24H,1-3H3/b18-12-,24-19?. The van der Waals surface area contributed by atoms with Gasteiger partial charge in [-0.2, -0.15) is 9.39 Å². The Labute approximate surface area is 205 Å². The number of rotatable bonds is 5. The number of amidine groups is 3. The number of carbonyl (C=O) groups is 2. The van der Waals surface area contributed by atoms with Crippen molar-refractivity contribution in [2.75, 3.05) is 7.11 Å². The molecule has 2 aliphatic heterocycles. The molecule has 0 unspecified atom stereocenters. The third-order valence-electron chi connectivity index (χ3n) is 5.10. The molecule has 0 fully saturated rings. The molecule has 0 saturated heterocycles. The Balaban J connectivity index is 1.53. The van der Waals surface area contributed by atoms with E-state index in [0.717, 1.165) is 16.8 Å². The first-order chi connectivity index (χ1) is 16.6. The van der Waals surface area contributed by atoms with Crippen molar-refractivity contribution in [3.05, 3.63) is 65.2 Å². The smallest absolute Gasteiger partial charge is 0.343 e. The molecule has 0 saturated carbocycles. The summed E-state index contributed by atoms with van der Waals surface area (Å²) >= 11 is 0.743. The first-order valence-corrected chi connectivity index (χ1v) is 12.6. The first-order valence-electron chi connectivity index (χ1n) is 10.3. The first kappa shape index (κ1) is 24.4. The minimum atomic E-state index is -3.80. The summed E-state index contributed by atoms with van der Waals surface area (Å²) in [5.41, 5.74) is 0.785. The maximum Gasteiger partial charge on any atom is 0.343 e. The molecule has 0 aliphatic carbocycles. The lowest BCUT2D eigenvalue weighted by Crippen LogP contribution is -2.46. The lowest BCUT2D eigenvalue weighted by Gasteiger charge is -2.25. The summed E-state index contributed by atoms with van der Waals surface area (Å²) in [7, 11) is -2.27. The van der Waals surface area contributed by atoms with Crippen molar-refractivity contribution < 1.29 is 27.5 Å². The van der Waals surface area contributed by atoms with Crippen LogP contribution in [0.5, 0.6) is 11.5 Å². The van der Waals surface area contributed by atoms with Gasteiger partial charge in [-0.3, -0.25) is 10.2 Å². The Morgan fingerprint density at radius 2 is 1.71 bits per heavy atom. The van der Waals surface area contributed by atoms with Crippen molar-refractivity contribution in [2.24, 2.45) is 9.39 Å². The van der Waals surface area contributed by atoms with Crippen LogP contribution in [0.3, 0.4) is 0 Å². The number of amides is 1. The number of fused-ring (bicyclic) bond motifs is 1. The average molecular weight is 513 g/mol. The molecule has 2 heterocycles. The van der Waals surface area contributed by atoms with Crippen molar-refractivity contribution in [1.82, 2.24) is 4.90 Å². The highest BCUT2D eigenvalue weighted by Gasteiger charge is 2.43. The molecule has 0 aromatic heterocycles. The number of benzene rings is 2. The maximum atomic E-state index is 12.7. The Hall–Kier alpha value is -3.77. The second-order valence-corrected chi connectivity index (χ2v) is 10.8. The zero-order chi connectivity index (χ0) is 25.3. The van der Waals surface area contributed by atoms with Gasteiger partial charge in [-0.05, 0) is 61.9 Å². The molecule has 0 bridgehead atoms. The molecular weight excluding hydrogens is 492 g/mol. The topological polar surface area (TPSA) is 139 Å². The molecule has 180 valence electrons. The molecule has 10 nitrogen and oxygen atoms in total. The van der Waals surface area contributed by atoms with Crippen LogP contribution in [0.2, 0.25) is 0 Å². The molecule has 2 aromatic carbocycles. The van der Waals surface area contributed by atoms with Crippen molar-refractivity contribution in [3.63, 3.8) is 0 Å². The van der Waals surface area contributed by atoms with Crippen molar-refractivity contribution in [3.8, 4) is 11.5 Å². The van der Waals surface area contributed by atoms with Crippen LogP contribution in [0.4, 0.5) is 0 Å². The van der Waals surface area contributed by atoms with E-state index in [1.54, 1.807) is 48.5 Å². The van der Waals surface area contributed by atoms with Gasteiger partial charge < -0.3 is 9.47 Å². The van der Waals surface area contributed by atoms with Crippen molar-refractivity contribution in [1.29, 1.82) is 5.41 Å². The summed E-state index contributed by atoms with van der Waals surface area (Å²) < 4.78 is 39.7. The molecule has 12 heteroatoms. The number of aliphatic imine (C=N–C) groups is 1. The SMILES string of the molecule is COc1ccc(C(=O)Oc2ccc(/C=C3/C(=N)N4C(=NC3=O)SN=C4S(=O)(=O)C(C)C)cc2)cc1. The van der Waals surface area contributed by atoms with Gasteiger partial charge in [-0.1, -0.05) is 12.1 Å². The zero-order valence-electron chi connectivity index (χ0n) is 18.9. The number of hydrogen-bond acceptors (Lipinski definition) is 9. The van der Waals surface area contributed by atoms with Crippen LogP contribution in [-0.2, 0) is 14.6 Å². The summed E-state index contributed by atoms with van der Waals surface area (Å²) in [5.74, 6) is -0.655. The minimum absolute atomic E-state index is 0.0252. The highest BCUT2D eigenvalue weighted by atomic mass is 32.2. The van der Waals surface area contributed by atoms with Gasteiger partial charge in [0.1, 0.15) is 17.3 Å². The largest absolute Gasteiger partial charge is 0.497 e. The lowest BCUT2D eigenvalue weighted by atomic mass is 10.1. The van der Waals surface area contributed by atoms with Gasteiger partial charge in [0.25, 0.3) is 5.91 Å². The van der Waals surface area contributed by atoms with E-state index in [1.165, 1.54) is 27.0 Å². The van der Waals surface area contributed by atoms with E-state index in [0.29, 0.717) is 16.9 Å². The average Bonchev–Trinajstić information content (AvgIpc) is 3.27. The highest BCUT2D eigenvalue weighted by molar-refractivity contribution is 8.16. The molecule has 2 aliphatic rings. The van der Waals surface area contributed by atoms with Crippen LogP contribution in [0, 0.1) is 5.41 Å². The highest BCUT2D eigenvalue weighted by Crippen LogP contribution is 2.31. The summed E-state index contributed by atoms with van der Waals surface area (Å²) in [6.45, 7) is 3.02. The van der Waals surface area contributed by atoms with Gasteiger partial charge in [0.15, 0.2) is 0 Å². The number of sulfone groups is 1. The second-order valence-electron chi connectivity index (χ2n) is 7.69. The molecule has 35 heavy (non-hydrogen) atoms. The number of esters is 1. The van der Waals surface area contributed by atoms with Gasteiger partial charge in [0.2, 0.25) is 20.2 Å². The third-order valence-corrected chi connectivity index (χ3v) is 7.94. The normalized spacial score (nSPS) is 16.8. The molecule has 0 radical (unpaired) electrons. The number of methoxy groups -OCH3 is 1. The quantitative estimate of drug-likeness (QED) is 0.279. The molecule has 1 N–H and O–H groups in total. The van der Waals surface area contributed by atoms with Crippen LogP contribution < -0.4 is 9.47 Å². The molecule has 1 amide bonds. The lowest BCUT2D eigenvalue weighted by molar-refractivity contribution is -0.114. The van der Waals surface area contributed by atoms with E-state index >= 15 is 0 Å². The molecule has 4 rings (SSSR count). The Kier molecular flexibility index (Phi) is 6.59. The summed E-state index contributed by atoms with van der Waals surface area (Å²) in [5, 5.41) is 7.43. The summed E-state index contributed by atoms with van der Waals surface area (Å²) in [4.78, 5) is 29.8. The van der Waals surface area contributed by atoms with Gasteiger partial charge in [0.05, 0.1) is 35.4 Å². The van der Waals surface area contributed by atoms with E-state index < -0.39 is 27.0 Å². The number of ether oxygens (including phenoxy) is 2. The van der Waals surface area contributed by atoms with E-state index in [-0.39, 0.29) is 27.5 Å². The Bertz CT molecular complexity index is 1410. The molecule has 2 aromatic rings. The number of nitrogens with zero attached hydrogens (tertiary/aromatic N) is 3. The molecule has 0 spiro atoms. The Morgan fingerprint density at radius 1 is 1.09 bits per heavy atom. The minimum Gasteiger partial charge on any atom is -0.497 e. The summed E-state index contributed by atoms with van der Waals surface area (Å²) in [6, 6.07) is 12.8. The molecular formula is C23H20N4O6S2. The van der Waals surface area contributed by atoms with Crippen LogP contribution in [-0.4, -0.2) is 53.7 Å². The monoisotopic (exact) mass is 512 g/mol. The van der Waals surface area contributed by atoms with Gasteiger partial charge >= 0.3 is 5.97 Å². The number of nitrogens with one attached hydrogen (secondary N) is 1. The fourth-order valence-electron chi connectivity index (χ4n) is 3.09. The Morgan fingerprint density at radius 3 is 2.31 bits per heavy atom. The van der Waals surface area contributed by atoms with E-state index in [1.807, 2.05) is 0 Å². The zero-order valence-corrected chi connectivity index (χ0v) is 20.5. The maximum absolute atomic E-state index is 12.7. The van der Waals surface area contributed by atoms with E-state index in [2.05, 4.69) is 9.39 Å². The van der Waals surface area contributed by atoms with Crippen LogP contribution in [0.15, 0.2) is 63.5 Å². The second kappa shape index (κ2) is 9.47. The van der Waals surface area contributed by atoms with Gasteiger partial charge in [0, 0.05) is 0 Å². The van der Waals surface area contributed by atoms with Crippen LogP contribution in [0.1, 0.15) is 29.8 Å². The third kappa shape index (κ3) is 4.75. The van der Waals surface area contributed by atoms with Gasteiger partial charge in [-0.25, -0.2) is 18.1 Å². The fraction of sp³-hybridized carbons (Fsp3) is 0.174. The summed E-state index contributed by atoms with van der Waals surface area (Å²) in [6.07, 6.45) is 1.42. The number of hydrogen-bond donors (Lipinski definition) is 1. The van der Waals surface area contributed by atoms with Crippen molar-refractivity contribution in [2.45, 2.75) is 19.1 Å².